The average molecular weight is 235 g/mol. The van der Waals surface area contributed by atoms with Gasteiger partial charge in [0, 0.05) is 0 Å². The van der Waals surface area contributed by atoms with Crippen LogP contribution in [0.4, 0.5) is 0 Å². The van der Waals surface area contributed by atoms with Crippen molar-refractivity contribution >= 4 is 17.7 Å². The number of hydrogen-bond acceptors (Lipinski definition) is 6. The Kier molecular flexibility index (Phi) is 2.91. The Hall–Kier alpha value is -0.340. The standard InChI is InChI=1S/C8H13NO5S/c10-3-1-9-4(11)2-15-8(9)7(14)6(13)5(3)12/h3,5-8,10,12-14H,1-2H2/t3-,5+,6+,7-,8+/m1/s1. The van der Waals surface area contributed by atoms with E-state index in [0.29, 0.717) is 0 Å². The van der Waals surface area contributed by atoms with E-state index in [2.05, 4.69) is 0 Å². The van der Waals surface area contributed by atoms with Crippen molar-refractivity contribution in [2.45, 2.75) is 29.8 Å². The second kappa shape index (κ2) is 3.91. The van der Waals surface area contributed by atoms with Crippen LogP contribution in [-0.4, -0.2) is 73.3 Å². The molecule has 2 heterocycles. The number of carbonyl (C=O) groups is 1. The van der Waals surface area contributed by atoms with Gasteiger partial charge in [-0.2, -0.15) is 0 Å². The van der Waals surface area contributed by atoms with E-state index in [1.807, 2.05) is 0 Å². The summed E-state index contributed by atoms with van der Waals surface area (Å²) in [5.74, 6) is 0.0430. The second-order valence-corrected chi connectivity index (χ2v) is 4.89. The summed E-state index contributed by atoms with van der Waals surface area (Å²) in [5, 5.41) is 37.6. The molecule has 2 aliphatic heterocycles. The fourth-order valence-corrected chi connectivity index (χ4v) is 3.09. The maximum absolute atomic E-state index is 11.4. The normalized spacial score (nSPS) is 46.5. The molecule has 6 nitrogen and oxygen atoms in total. The van der Waals surface area contributed by atoms with Gasteiger partial charge in [-0.25, -0.2) is 0 Å². The predicted molar refractivity (Wildman–Crippen MR) is 52.0 cm³/mol. The molecule has 2 aliphatic rings. The Bertz CT molecular complexity index is 276. The van der Waals surface area contributed by atoms with E-state index in [9.17, 15) is 25.2 Å². The number of aliphatic hydroxyl groups excluding tert-OH is 4. The summed E-state index contributed by atoms with van der Waals surface area (Å²) in [6.45, 7) is -0.0498. The first kappa shape index (κ1) is 11.2. The summed E-state index contributed by atoms with van der Waals surface area (Å²) >= 11 is 1.21. The zero-order valence-corrected chi connectivity index (χ0v) is 8.67. The number of thioether (sulfide) groups is 1. The Labute approximate surface area is 90.5 Å². The highest BCUT2D eigenvalue weighted by atomic mass is 32.2. The molecule has 0 saturated carbocycles. The van der Waals surface area contributed by atoms with E-state index in [1.54, 1.807) is 0 Å². The van der Waals surface area contributed by atoms with Crippen LogP contribution in [0, 0.1) is 0 Å². The lowest BCUT2D eigenvalue weighted by atomic mass is 10.1. The third-order valence-electron chi connectivity index (χ3n) is 2.78. The molecule has 0 radical (unpaired) electrons. The van der Waals surface area contributed by atoms with Gasteiger partial charge in [0.05, 0.1) is 12.3 Å². The van der Waals surface area contributed by atoms with Gasteiger partial charge in [-0.3, -0.25) is 4.79 Å². The Morgan fingerprint density at radius 2 is 1.80 bits per heavy atom. The van der Waals surface area contributed by atoms with Crippen LogP contribution in [-0.2, 0) is 4.79 Å². The molecule has 2 fully saturated rings. The van der Waals surface area contributed by atoms with Crippen molar-refractivity contribution < 1.29 is 25.2 Å². The summed E-state index contributed by atoms with van der Waals surface area (Å²) in [6, 6.07) is 0. The largest absolute Gasteiger partial charge is 0.388 e. The van der Waals surface area contributed by atoms with Crippen LogP contribution in [0.2, 0.25) is 0 Å². The van der Waals surface area contributed by atoms with Crippen LogP contribution < -0.4 is 0 Å². The molecule has 5 atom stereocenters. The maximum Gasteiger partial charge on any atom is 0.233 e. The minimum atomic E-state index is -1.42. The third kappa shape index (κ3) is 1.74. The second-order valence-electron chi connectivity index (χ2n) is 3.79. The molecule has 4 N–H and O–H groups in total. The van der Waals surface area contributed by atoms with E-state index in [4.69, 9.17) is 0 Å². The van der Waals surface area contributed by atoms with Crippen molar-refractivity contribution in [2.75, 3.05) is 12.3 Å². The summed E-state index contributed by atoms with van der Waals surface area (Å²) < 4.78 is 0. The molecule has 0 aromatic carbocycles. The monoisotopic (exact) mass is 235 g/mol. The Balaban J connectivity index is 2.25. The van der Waals surface area contributed by atoms with Gasteiger partial charge in [0.15, 0.2) is 0 Å². The van der Waals surface area contributed by atoms with Crippen molar-refractivity contribution in [3.63, 3.8) is 0 Å². The van der Waals surface area contributed by atoms with E-state index in [1.165, 1.54) is 16.7 Å². The van der Waals surface area contributed by atoms with Gasteiger partial charge in [-0.1, -0.05) is 0 Å². The number of amides is 1. The van der Waals surface area contributed by atoms with Crippen molar-refractivity contribution in [1.82, 2.24) is 4.90 Å². The Morgan fingerprint density at radius 1 is 1.13 bits per heavy atom. The van der Waals surface area contributed by atoms with Gasteiger partial charge in [-0.05, 0) is 0 Å². The fourth-order valence-electron chi connectivity index (χ4n) is 1.87. The molecule has 0 spiro atoms. The molecule has 7 heteroatoms. The van der Waals surface area contributed by atoms with Crippen LogP contribution in [0.3, 0.4) is 0 Å². The number of nitrogens with zero attached hydrogens (tertiary/aromatic N) is 1. The lowest BCUT2D eigenvalue weighted by Crippen LogP contribution is -2.45. The minimum Gasteiger partial charge on any atom is -0.388 e. The number of hydrogen-bond donors (Lipinski definition) is 4. The molecular formula is C8H13NO5S. The van der Waals surface area contributed by atoms with Crippen LogP contribution in [0.1, 0.15) is 0 Å². The van der Waals surface area contributed by atoms with Gasteiger partial charge in [0.25, 0.3) is 0 Å². The highest BCUT2D eigenvalue weighted by Gasteiger charge is 2.47. The number of fused-ring (bicyclic) bond motifs is 1. The summed E-state index contributed by atoms with van der Waals surface area (Å²) in [4.78, 5) is 12.7. The zero-order chi connectivity index (χ0) is 11.2. The molecule has 0 aromatic heterocycles. The van der Waals surface area contributed by atoms with Crippen LogP contribution >= 0.6 is 11.8 Å². The molecule has 2 rings (SSSR count). The summed E-state index contributed by atoms with van der Waals surface area (Å²) in [7, 11) is 0. The highest BCUT2D eigenvalue weighted by molar-refractivity contribution is 8.01. The van der Waals surface area contributed by atoms with Crippen LogP contribution in [0.25, 0.3) is 0 Å². The van der Waals surface area contributed by atoms with Crippen LogP contribution in [0.5, 0.6) is 0 Å². The fraction of sp³-hybridized carbons (Fsp3) is 0.875. The molecule has 15 heavy (non-hydrogen) atoms. The van der Waals surface area contributed by atoms with E-state index >= 15 is 0 Å². The first-order valence-corrected chi connectivity index (χ1v) is 5.70. The van der Waals surface area contributed by atoms with Crippen molar-refractivity contribution in [3.8, 4) is 0 Å². The topological polar surface area (TPSA) is 101 Å². The first-order chi connectivity index (χ1) is 7.02. The minimum absolute atomic E-state index is 0.0498. The highest BCUT2D eigenvalue weighted by Crippen LogP contribution is 2.32. The van der Waals surface area contributed by atoms with Crippen LogP contribution in [0.15, 0.2) is 0 Å². The quantitative estimate of drug-likeness (QED) is 0.366. The van der Waals surface area contributed by atoms with Gasteiger partial charge < -0.3 is 25.3 Å². The molecule has 0 unspecified atom stereocenters. The van der Waals surface area contributed by atoms with Gasteiger partial charge in [-0.15, -0.1) is 11.8 Å². The smallest absolute Gasteiger partial charge is 0.233 e. The van der Waals surface area contributed by atoms with Gasteiger partial charge >= 0.3 is 0 Å². The summed E-state index contributed by atoms with van der Waals surface area (Å²) in [6.07, 6.45) is -5.29. The van der Waals surface area contributed by atoms with E-state index < -0.39 is 29.8 Å². The van der Waals surface area contributed by atoms with Gasteiger partial charge in [0.2, 0.25) is 5.91 Å². The van der Waals surface area contributed by atoms with E-state index in [0.717, 1.165) is 0 Å². The molecule has 0 bridgehead atoms. The molecular weight excluding hydrogens is 222 g/mol. The zero-order valence-electron chi connectivity index (χ0n) is 7.85. The molecule has 0 aromatic rings. The third-order valence-corrected chi connectivity index (χ3v) is 4.06. The average Bonchev–Trinajstić information content (AvgIpc) is 2.54. The SMILES string of the molecule is O=C1CS[C@H]2[C@H](O)[C@@H](O)[C@@H](O)[C@H](O)CN12. The molecule has 2 saturated heterocycles. The van der Waals surface area contributed by atoms with Gasteiger partial charge in [0.1, 0.15) is 29.8 Å². The Morgan fingerprint density at radius 3 is 2.47 bits per heavy atom. The lowest BCUT2D eigenvalue weighted by Gasteiger charge is -2.26. The molecule has 0 aliphatic carbocycles. The number of carbonyl (C=O) groups excluding carboxylic acids is 1. The van der Waals surface area contributed by atoms with Crippen molar-refractivity contribution in [2.24, 2.45) is 0 Å². The van der Waals surface area contributed by atoms with Crippen molar-refractivity contribution in [3.05, 3.63) is 0 Å². The molecule has 1 amide bonds. The predicted octanol–water partition coefficient (Wildman–Crippen LogP) is -2.65. The number of rotatable bonds is 0. The van der Waals surface area contributed by atoms with Crippen molar-refractivity contribution in [1.29, 1.82) is 0 Å². The molecule has 86 valence electrons. The summed E-state index contributed by atoms with van der Waals surface area (Å²) in [5.41, 5.74) is 0. The maximum atomic E-state index is 11.4. The number of aliphatic hydroxyl groups is 4. The first-order valence-electron chi connectivity index (χ1n) is 4.65. The van der Waals surface area contributed by atoms with E-state index in [-0.39, 0.29) is 18.2 Å². The lowest BCUT2D eigenvalue weighted by molar-refractivity contribution is -0.130.